The molecule has 1 unspecified atom stereocenters. The maximum Gasteiger partial charge on any atom is 0.213 e. The lowest BCUT2D eigenvalue weighted by Gasteiger charge is -2.25. The van der Waals surface area contributed by atoms with Crippen molar-refractivity contribution in [1.29, 1.82) is 0 Å². The van der Waals surface area contributed by atoms with Crippen molar-refractivity contribution < 1.29 is 23.3 Å². The van der Waals surface area contributed by atoms with Gasteiger partial charge in [0.1, 0.15) is 18.8 Å². The van der Waals surface area contributed by atoms with Gasteiger partial charge in [-0.05, 0) is 37.1 Å². The second-order valence-corrected chi connectivity index (χ2v) is 9.03. The van der Waals surface area contributed by atoms with Gasteiger partial charge in [0.15, 0.2) is 31.7 Å². The SMILES string of the molecule is COCC[n+]1ccc2c3c(ccc2c1)-c1c(c[n+](CCOC)c2cc(C)ccc12)C3(C)OC. The Balaban J connectivity index is 1.80. The number of pyridine rings is 2. The van der Waals surface area contributed by atoms with Crippen LogP contribution in [0.4, 0.5) is 0 Å². The molecular weight excluding hydrogens is 412 g/mol. The molecule has 1 aliphatic rings. The molecule has 0 N–H and O–H groups in total. The third kappa shape index (κ3) is 3.43. The zero-order valence-electron chi connectivity index (χ0n) is 20.1. The van der Waals surface area contributed by atoms with Crippen molar-refractivity contribution in [3.63, 3.8) is 0 Å². The summed E-state index contributed by atoms with van der Waals surface area (Å²) in [5.74, 6) is 0. The number of rotatable bonds is 7. The molecule has 1 atom stereocenters. The van der Waals surface area contributed by atoms with Gasteiger partial charge in [0.2, 0.25) is 5.52 Å². The molecule has 5 nitrogen and oxygen atoms in total. The van der Waals surface area contributed by atoms with Gasteiger partial charge in [0.25, 0.3) is 0 Å². The Kier molecular flexibility index (Phi) is 5.65. The smallest absolute Gasteiger partial charge is 0.213 e. The number of hydrogen-bond acceptors (Lipinski definition) is 3. The summed E-state index contributed by atoms with van der Waals surface area (Å²) in [5.41, 5.74) is 6.90. The summed E-state index contributed by atoms with van der Waals surface area (Å²) in [5, 5.41) is 3.68. The van der Waals surface area contributed by atoms with E-state index in [9.17, 15) is 0 Å². The maximum absolute atomic E-state index is 6.32. The first-order chi connectivity index (χ1) is 16.0. The van der Waals surface area contributed by atoms with Crippen molar-refractivity contribution in [2.75, 3.05) is 34.5 Å². The van der Waals surface area contributed by atoms with Gasteiger partial charge in [0.05, 0.1) is 10.9 Å². The Morgan fingerprint density at radius 3 is 2.42 bits per heavy atom. The Labute approximate surface area is 195 Å². The number of aromatic nitrogens is 2. The zero-order valence-corrected chi connectivity index (χ0v) is 20.1. The monoisotopic (exact) mass is 444 g/mol. The second kappa shape index (κ2) is 8.49. The van der Waals surface area contributed by atoms with Crippen LogP contribution in [0.5, 0.6) is 0 Å². The molecule has 0 radical (unpaired) electrons. The number of methoxy groups -OCH3 is 3. The van der Waals surface area contributed by atoms with Crippen LogP contribution in [-0.2, 0) is 32.9 Å². The normalized spacial score (nSPS) is 17.0. The number of ether oxygens (including phenoxy) is 3. The summed E-state index contributed by atoms with van der Waals surface area (Å²) in [7, 11) is 5.31. The number of nitrogens with zero attached hydrogens (tertiary/aromatic N) is 2. The zero-order chi connectivity index (χ0) is 23.2. The van der Waals surface area contributed by atoms with Crippen LogP contribution in [0.25, 0.3) is 32.8 Å². The van der Waals surface area contributed by atoms with Gasteiger partial charge in [0, 0.05) is 55.4 Å². The van der Waals surface area contributed by atoms with Crippen molar-refractivity contribution >= 4 is 21.7 Å². The summed E-state index contributed by atoms with van der Waals surface area (Å²) >= 11 is 0. The van der Waals surface area contributed by atoms with E-state index in [0.29, 0.717) is 13.2 Å². The molecule has 2 aromatic heterocycles. The highest BCUT2D eigenvalue weighted by Gasteiger charge is 2.44. The second-order valence-electron chi connectivity index (χ2n) is 9.03. The molecule has 0 saturated heterocycles. The number of fused-ring (bicyclic) bond motifs is 7. The molecule has 0 saturated carbocycles. The largest absolute Gasteiger partial charge is 0.378 e. The van der Waals surface area contributed by atoms with Crippen LogP contribution in [0.2, 0.25) is 0 Å². The van der Waals surface area contributed by atoms with E-state index in [1.54, 1.807) is 14.2 Å². The van der Waals surface area contributed by atoms with E-state index in [4.69, 9.17) is 14.2 Å². The van der Waals surface area contributed by atoms with E-state index in [2.05, 4.69) is 78.0 Å². The van der Waals surface area contributed by atoms with Gasteiger partial charge in [-0.3, -0.25) is 0 Å². The molecule has 170 valence electrons. The minimum absolute atomic E-state index is 0.545. The lowest BCUT2D eigenvalue weighted by molar-refractivity contribution is -0.697. The van der Waals surface area contributed by atoms with Crippen molar-refractivity contribution in [3.05, 3.63) is 71.7 Å². The molecule has 0 amide bonds. The van der Waals surface area contributed by atoms with Gasteiger partial charge in [-0.15, -0.1) is 0 Å². The van der Waals surface area contributed by atoms with E-state index in [0.717, 1.165) is 13.1 Å². The molecule has 0 fully saturated rings. The van der Waals surface area contributed by atoms with E-state index in [1.807, 2.05) is 7.11 Å². The Hall–Kier alpha value is -2.86. The minimum atomic E-state index is -0.545. The van der Waals surface area contributed by atoms with Gasteiger partial charge in [-0.2, -0.15) is 4.57 Å². The van der Waals surface area contributed by atoms with Crippen molar-refractivity contribution in [3.8, 4) is 11.1 Å². The molecule has 2 aromatic carbocycles. The quantitative estimate of drug-likeness (QED) is 0.403. The Morgan fingerprint density at radius 2 is 1.67 bits per heavy atom. The topological polar surface area (TPSA) is 35.5 Å². The Bertz CT molecular complexity index is 1360. The molecule has 0 aliphatic heterocycles. The molecule has 0 bridgehead atoms. The number of aryl methyl sites for hydroxylation is 1. The fourth-order valence-corrected chi connectivity index (χ4v) is 5.28. The average Bonchev–Trinajstić information content (AvgIpc) is 3.09. The van der Waals surface area contributed by atoms with E-state index < -0.39 is 5.60 Å². The predicted octanol–water partition coefficient (Wildman–Crippen LogP) is 4.06. The van der Waals surface area contributed by atoms with Crippen LogP contribution in [-0.4, -0.2) is 34.5 Å². The van der Waals surface area contributed by atoms with Crippen molar-refractivity contribution in [2.45, 2.75) is 32.5 Å². The summed E-state index contributed by atoms with van der Waals surface area (Å²) < 4.78 is 21.5. The minimum Gasteiger partial charge on any atom is -0.378 e. The molecule has 1 aliphatic carbocycles. The standard InChI is InChI=1S/C28H32N2O3/c1-19-6-8-22-25(16-19)30(13-15-32-4)18-24-26(22)23-9-7-20-17-29(12-14-31-3)11-10-21(20)27(23)28(24,2)33-5/h6-11,16-18H,12-15H2,1-5H3/q+2. The molecule has 5 heteroatoms. The summed E-state index contributed by atoms with van der Waals surface area (Å²) in [4.78, 5) is 0. The summed E-state index contributed by atoms with van der Waals surface area (Å²) in [6, 6.07) is 13.4. The van der Waals surface area contributed by atoms with Crippen LogP contribution >= 0.6 is 0 Å². The van der Waals surface area contributed by atoms with E-state index in [1.165, 1.54) is 49.5 Å². The highest BCUT2D eigenvalue weighted by atomic mass is 16.5. The fraction of sp³-hybridized carbons (Fsp3) is 0.357. The summed E-state index contributed by atoms with van der Waals surface area (Å²) in [6.45, 7) is 7.31. The van der Waals surface area contributed by atoms with E-state index >= 15 is 0 Å². The molecular formula is C28H32N2O3+2. The van der Waals surface area contributed by atoms with Gasteiger partial charge < -0.3 is 14.2 Å². The van der Waals surface area contributed by atoms with Gasteiger partial charge >= 0.3 is 0 Å². The first kappa shape index (κ1) is 22.0. The predicted molar refractivity (Wildman–Crippen MR) is 129 cm³/mol. The first-order valence-electron chi connectivity index (χ1n) is 11.5. The third-order valence-corrected chi connectivity index (χ3v) is 7.06. The van der Waals surface area contributed by atoms with Crippen molar-refractivity contribution in [1.82, 2.24) is 0 Å². The van der Waals surface area contributed by atoms with Crippen LogP contribution in [0.3, 0.4) is 0 Å². The Morgan fingerprint density at radius 1 is 0.879 bits per heavy atom. The number of hydrogen-bond donors (Lipinski definition) is 0. The van der Waals surface area contributed by atoms with Gasteiger partial charge in [-0.25, -0.2) is 4.57 Å². The lowest BCUT2D eigenvalue weighted by atomic mass is 9.90. The highest BCUT2D eigenvalue weighted by molar-refractivity contribution is 6.04. The molecule has 2 heterocycles. The molecule has 33 heavy (non-hydrogen) atoms. The fourth-order valence-electron chi connectivity index (χ4n) is 5.28. The average molecular weight is 445 g/mol. The van der Waals surface area contributed by atoms with Crippen LogP contribution in [0.1, 0.15) is 23.6 Å². The lowest BCUT2D eigenvalue weighted by Crippen LogP contribution is -2.39. The highest BCUT2D eigenvalue weighted by Crippen LogP contribution is 2.53. The maximum atomic E-state index is 6.32. The van der Waals surface area contributed by atoms with Crippen LogP contribution < -0.4 is 9.13 Å². The summed E-state index contributed by atoms with van der Waals surface area (Å²) in [6.07, 6.45) is 6.61. The molecule has 0 spiro atoms. The van der Waals surface area contributed by atoms with Gasteiger partial charge in [-0.1, -0.05) is 12.1 Å². The third-order valence-electron chi connectivity index (χ3n) is 7.06. The molecule has 5 rings (SSSR count). The van der Waals surface area contributed by atoms with E-state index in [-0.39, 0.29) is 0 Å². The van der Waals surface area contributed by atoms with Crippen LogP contribution in [0, 0.1) is 6.92 Å². The molecule has 4 aromatic rings. The number of benzene rings is 2. The van der Waals surface area contributed by atoms with Crippen LogP contribution in [0.15, 0.2) is 55.0 Å². The first-order valence-corrected chi connectivity index (χ1v) is 11.5. The van der Waals surface area contributed by atoms with Crippen molar-refractivity contribution in [2.24, 2.45) is 0 Å².